The Morgan fingerprint density at radius 1 is 1.47 bits per heavy atom. The highest BCUT2D eigenvalue weighted by Gasteiger charge is 2.40. The largest absolute Gasteiger partial charge is 0.343 e. The predicted octanol–water partition coefficient (Wildman–Crippen LogP) is 1.50. The summed E-state index contributed by atoms with van der Waals surface area (Å²) in [4.78, 5) is 25.7. The van der Waals surface area contributed by atoms with Gasteiger partial charge in [0.15, 0.2) is 0 Å². The van der Waals surface area contributed by atoms with Crippen LogP contribution in [-0.4, -0.2) is 35.3 Å². The number of halogens is 1. The van der Waals surface area contributed by atoms with Gasteiger partial charge in [-0.25, -0.2) is 0 Å². The fourth-order valence-corrected chi connectivity index (χ4v) is 2.17. The van der Waals surface area contributed by atoms with Crippen LogP contribution in [0.3, 0.4) is 0 Å². The second-order valence-electron chi connectivity index (χ2n) is 4.51. The van der Waals surface area contributed by atoms with Crippen LogP contribution in [0.2, 0.25) is 0 Å². The Morgan fingerprint density at radius 2 is 2.12 bits per heavy atom. The lowest BCUT2D eigenvalue weighted by Crippen LogP contribution is -2.64. The molecule has 0 saturated carbocycles. The first kappa shape index (κ1) is 14.0. The molecule has 0 aromatic rings. The molecule has 1 fully saturated rings. The maximum atomic E-state index is 12.2. The van der Waals surface area contributed by atoms with E-state index in [2.05, 4.69) is 5.32 Å². The summed E-state index contributed by atoms with van der Waals surface area (Å²) in [5.74, 6) is -0.0181. The third-order valence-corrected chi connectivity index (χ3v) is 3.11. The minimum absolute atomic E-state index is 0.0273. The molecule has 1 aliphatic heterocycles. The molecule has 17 heavy (non-hydrogen) atoms. The predicted molar refractivity (Wildman–Crippen MR) is 67.6 cm³/mol. The van der Waals surface area contributed by atoms with E-state index < -0.39 is 12.1 Å². The van der Waals surface area contributed by atoms with Crippen molar-refractivity contribution in [2.45, 2.75) is 39.3 Å². The van der Waals surface area contributed by atoms with Crippen LogP contribution in [0.1, 0.15) is 27.2 Å². The fourth-order valence-electron chi connectivity index (χ4n) is 2.09. The first-order valence-corrected chi connectivity index (χ1v) is 6.32. The molecule has 2 amide bonds. The Labute approximate surface area is 107 Å². The molecule has 0 aliphatic carbocycles. The van der Waals surface area contributed by atoms with Crippen LogP contribution in [0.25, 0.3) is 0 Å². The van der Waals surface area contributed by atoms with E-state index in [-0.39, 0.29) is 17.7 Å². The second-order valence-corrected chi connectivity index (χ2v) is 4.76. The molecular formula is C12H19ClN2O2. The molecule has 0 radical (unpaired) electrons. The third kappa shape index (κ3) is 3.00. The van der Waals surface area contributed by atoms with Gasteiger partial charge in [0.25, 0.3) is 0 Å². The lowest BCUT2D eigenvalue weighted by atomic mass is 9.96. The molecule has 1 heterocycles. The van der Waals surface area contributed by atoms with E-state index in [1.54, 1.807) is 11.0 Å². The summed E-state index contributed by atoms with van der Waals surface area (Å²) < 4.78 is 0. The van der Waals surface area contributed by atoms with Crippen molar-refractivity contribution in [2.75, 3.05) is 6.54 Å². The van der Waals surface area contributed by atoms with Gasteiger partial charge in [-0.05, 0) is 12.3 Å². The highest BCUT2D eigenvalue weighted by atomic mass is 35.5. The van der Waals surface area contributed by atoms with Gasteiger partial charge in [-0.2, -0.15) is 0 Å². The number of nitrogens with zero attached hydrogens (tertiary/aromatic N) is 1. The van der Waals surface area contributed by atoms with Crippen molar-refractivity contribution in [3.63, 3.8) is 0 Å². The summed E-state index contributed by atoms with van der Waals surface area (Å²) in [6.45, 7) is 6.13. The Hall–Kier alpha value is -1.03. The quantitative estimate of drug-likeness (QED) is 0.831. The fraction of sp³-hybridized carbons (Fsp3) is 0.667. The highest BCUT2D eigenvalue weighted by molar-refractivity contribution is 6.25. The summed E-state index contributed by atoms with van der Waals surface area (Å²) in [5.41, 5.74) is 1.37. The van der Waals surface area contributed by atoms with Gasteiger partial charge in [-0.1, -0.05) is 38.4 Å². The van der Waals surface area contributed by atoms with Crippen molar-refractivity contribution < 1.29 is 9.59 Å². The summed E-state index contributed by atoms with van der Waals surface area (Å²) in [7, 11) is 0. The maximum absolute atomic E-state index is 12.2. The van der Waals surface area contributed by atoms with Crippen molar-refractivity contribution >= 4 is 23.4 Å². The van der Waals surface area contributed by atoms with E-state index in [9.17, 15) is 9.59 Å². The summed E-state index contributed by atoms with van der Waals surface area (Å²) in [5, 5.41) is 2.77. The summed E-state index contributed by atoms with van der Waals surface area (Å²) in [6, 6.07) is -0.806. The molecule has 0 bridgehead atoms. The van der Waals surface area contributed by atoms with E-state index in [0.29, 0.717) is 13.0 Å². The molecule has 0 aromatic heterocycles. The molecule has 1 saturated heterocycles. The van der Waals surface area contributed by atoms with Gasteiger partial charge in [0, 0.05) is 12.1 Å². The van der Waals surface area contributed by atoms with E-state index in [0.717, 1.165) is 0 Å². The first-order valence-electron chi connectivity index (χ1n) is 5.89. The Bertz CT molecular complexity index is 328. The average Bonchev–Trinajstić information content (AvgIpc) is 2.28. The van der Waals surface area contributed by atoms with Crippen LogP contribution >= 0.6 is 11.6 Å². The number of piperazine rings is 1. The van der Waals surface area contributed by atoms with Gasteiger partial charge < -0.3 is 10.2 Å². The van der Waals surface area contributed by atoms with E-state index >= 15 is 0 Å². The molecule has 1 rings (SSSR count). The first-order chi connectivity index (χ1) is 8.02. The van der Waals surface area contributed by atoms with Crippen molar-refractivity contribution in [3.8, 4) is 0 Å². The van der Waals surface area contributed by atoms with Gasteiger partial charge in [0.2, 0.25) is 11.8 Å². The topological polar surface area (TPSA) is 49.4 Å². The minimum atomic E-state index is -0.404. The van der Waals surface area contributed by atoms with Crippen molar-refractivity contribution in [1.82, 2.24) is 10.2 Å². The molecule has 2 atom stereocenters. The SMILES string of the molecule is CCC1NC(=O)C(C(C)C)N(C/C=C/Cl)C1=O. The summed E-state index contributed by atoms with van der Waals surface area (Å²) >= 11 is 5.48. The van der Waals surface area contributed by atoms with Crippen LogP contribution in [0, 0.1) is 5.92 Å². The van der Waals surface area contributed by atoms with Crippen LogP contribution in [0.4, 0.5) is 0 Å². The molecular weight excluding hydrogens is 240 g/mol. The number of rotatable bonds is 4. The Balaban J connectivity index is 2.95. The molecule has 1 N–H and O–H groups in total. The zero-order valence-electron chi connectivity index (χ0n) is 10.4. The lowest BCUT2D eigenvalue weighted by Gasteiger charge is -2.40. The molecule has 1 aliphatic rings. The van der Waals surface area contributed by atoms with Crippen molar-refractivity contribution in [2.24, 2.45) is 5.92 Å². The zero-order valence-corrected chi connectivity index (χ0v) is 11.2. The smallest absolute Gasteiger partial charge is 0.246 e. The molecule has 96 valence electrons. The monoisotopic (exact) mass is 258 g/mol. The Kier molecular flexibility index (Phi) is 5.00. The zero-order chi connectivity index (χ0) is 13.0. The normalized spacial score (nSPS) is 25.8. The lowest BCUT2D eigenvalue weighted by molar-refractivity contribution is -0.150. The number of hydrogen-bond acceptors (Lipinski definition) is 2. The van der Waals surface area contributed by atoms with Gasteiger partial charge in [0.1, 0.15) is 12.1 Å². The van der Waals surface area contributed by atoms with Gasteiger partial charge in [0.05, 0.1) is 0 Å². The third-order valence-electron chi connectivity index (χ3n) is 2.93. The average molecular weight is 259 g/mol. The van der Waals surface area contributed by atoms with Crippen LogP contribution in [0.15, 0.2) is 11.6 Å². The highest BCUT2D eigenvalue weighted by Crippen LogP contribution is 2.18. The number of nitrogens with one attached hydrogen (secondary N) is 1. The van der Waals surface area contributed by atoms with E-state index in [1.807, 2.05) is 20.8 Å². The standard InChI is InChI=1S/C12H19ClN2O2/c1-4-9-12(17)15(7-5-6-13)10(8(2)3)11(16)14-9/h5-6,8-10H,4,7H2,1-3H3,(H,14,16)/b6-5+. The molecule has 0 aromatic carbocycles. The maximum Gasteiger partial charge on any atom is 0.246 e. The van der Waals surface area contributed by atoms with Crippen LogP contribution in [-0.2, 0) is 9.59 Å². The number of amides is 2. The van der Waals surface area contributed by atoms with Crippen LogP contribution < -0.4 is 5.32 Å². The van der Waals surface area contributed by atoms with Crippen LogP contribution in [0.5, 0.6) is 0 Å². The molecule has 2 unspecified atom stereocenters. The van der Waals surface area contributed by atoms with E-state index in [4.69, 9.17) is 11.6 Å². The van der Waals surface area contributed by atoms with Gasteiger partial charge in [-0.3, -0.25) is 9.59 Å². The number of carbonyl (C=O) groups is 2. The number of carbonyl (C=O) groups excluding carboxylic acids is 2. The minimum Gasteiger partial charge on any atom is -0.343 e. The van der Waals surface area contributed by atoms with Crippen molar-refractivity contribution in [3.05, 3.63) is 11.6 Å². The van der Waals surface area contributed by atoms with E-state index in [1.165, 1.54) is 5.54 Å². The molecule has 0 spiro atoms. The van der Waals surface area contributed by atoms with Crippen molar-refractivity contribution in [1.29, 1.82) is 0 Å². The van der Waals surface area contributed by atoms with Gasteiger partial charge >= 0.3 is 0 Å². The number of hydrogen-bond donors (Lipinski definition) is 1. The summed E-state index contributed by atoms with van der Waals surface area (Å²) in [6.07, 6.45) is 2.29. The molecule has 5 heteroatoms. The van der Waals surface area contributed by atoms with Gasteiger partial charge in [-0.15, -0.1) is 0 Å². The Morgan fingerprint density at radius 3 is 2.59 bits per heavy atom. The second kappa shape index (κ2) is 6.05. The molecule has 4 nitrogen and oxygen atoms in total.